The first-order valence-corrected chi connectivity index (χ1v) is 16.4. The van der Waals surface area contributed by atoms with Crippen molar-refractivity contribution in [1.82, 2.24) is 19.6 Å². The summed E-state index contributed by atoms with van der Waals surface area (Å²) >= 11 is 0. The minimum atomic E-state index is -0.618. The second kappa shape index (κ2) is 13.6. The lowest BCUT2D eigenvalue weighted by atomic mass is 9.83. The number of hydrogen-bond acceptors (Lipinski definition) is 4. The van der Waals surface area contributed by atoms with Gasteiger partial charge in [0.05, 0.1) is 5.69 Å². The van der Waals surface area contributed by atoms with Crippen LogP contribution in [0.1, 0.15) is 86.1 Å². The Morgan fingerprint density at radius 1 is 0.929 bits per heavy atom. The van der Waals surface area contributed by atoms with Crippen LogP contribution < -0.4 is 0 Å². The molecule has 42 heavy (non-hydrogen) atoms. The number of carboxylic acids is 1. The molecule has 0 amide bonds. The predicted octanol–water partition coefficient (Wildman–Crippen LogP) is 6.42. The molecule has 1 saturated carbocycles. The first-order chi connectivity index (χ1) is 20.6. The Morgan fingerprint density at radius 2 is 1.62 bits per heavy atom. The zero-order valence-corrected chi connectivity index (χ0v) is 25.3. The summed E-state index contributed by atoms with van der Waals surface area (Å²) < 4.78 is 2.11. The molecule has 0 bridgehead atoms. The van der Waals surface area contributed by atoms with Gasteiger partial charge in [0, 0.05) is 50.6 Å². The number of benzene rings is 2. The van der Waals surface area contributed by atoms with E-state index in [1.807, 2.05) is 0 Å². The molecule has 1 N–H and O–H groups in total. The van der Waals surface area contributed by atoms with Crippen LogP contribution in [0.5, 0.6) is 0 Å². The van der Waals surface area contributed by atoms with Gasteiger partial charge in [-0.1, -0.05) is 79.9 Å². The van der Waals surface area contributed by atoms with Crippen molar-refractivity contribution in [2.45, 2.75) is 82.7 Å². The zero-order valence-electron chi connectivity index (χ0n) is 25.3. The molecule has 6 heteroatoms. The lowest BCUT2D eigenvalue weighted by Crippen LogP contribution is -2.46. The minimum Gasteiger partial charge on any atom is -0.480 e. The predicted molar refractivity (Wildman–Crippen MR) is 168 cm³/mol. The van der Waals surface area contributed by atoms with Gasteiger partial charge in [0.2, 0.25) is 0 Å². The van der Waals surface area contributed by atoms with Crippen molar-refractivity contribution in [3.8, 4) is 0 Å². The van der Waals surface area contributed by atoms with Crippen LogP contribution in [-0.4, -0.2) is 69.4 Å². The van der Waals surface area contributed by atoms with Gasteiger partial charge in [-0.15, -0.1) is 0 Å². The van der Waals surface area contributed by atoms with Gasteiger partial charge in [0.1, 0.15) is 6.04 Å². The summed E-state index contributed by atoms with van der Waals surface area (Å²) in [7, 11) is 0. The molecule has 6 rings (SSSR count). The fourth-order valence-corrected chi connectivity index (χ4v) is 8.16. The van der Waals surface area contributed by atoms with Crippen molar-refractivity contribution in [1.29, 1.82) is 0 Å². The monoisotopic (exact) mass is 568 g/mol. The number of nitrogens with zero attached hydrogens (tertiary/aromatic N) is 4. The largest absolute Gasteiger partial charge is 0.480 e. The van der Waals surface area contributed by atoms with Gasteiger partial charge < -0.3 is 10.0 Å². The molecule has 3 fully saturated rings. The number of rotatable bonds is 10. The van der Waals surface area contributed by atoms with Crippen LogP contribution in [0.15, 0.2) is 66.9 Å². The van der Waals surface area contributed by atoms with E-state index in [0.717, 1.165) is 71.4 Å². The van der Waals surface area contributed by atoms with Gasteiger partial charge in [-0.3, -0.25) is 14.4 Å². The molecule has 224 valence electrons. The highest BCUT2D eigenvalue weighted by Gasteiger charge is 2.43. The SMILES string of the molecule is CCn1cc(Cc2ccccc2)c(C2CCN(C[C@H]3CN([C@@H](C(=O)O)C4CCCCC4)CC3c3ccccc3)CC2)n1. The minimum absolute atomic E-state index is 0.287. The average Bonchev–Trinajstić information content (AvgIpc) is 3.63. The summed E-state index contributed by atoms with van der Waals surface area (Å²) in [5.74, 6) is 0.998. The number of aryl methyl sites for hydroxylation is 1. The molecule has 6 nitrogen and oxygen atoms in total. The molecule has 0 spiro atoms. The summed E-state index contributed by atoms with van der Waals surface area (Å²) in [6.07, 6.45) is 11.2. The number of aliphatic carboxylic acids is 1. The fraction of sp³-hybridized carbons (Fsp3) is 0.556. The summed E-state index contributed by atoms with van der Waals surface area (Å²) in [5.41, 5.74) is 5.38. The molecule has 2 aromatic carbocycles. The average molecular weight is 569 g/mol. The second-order valence-electron chi connectivity index (χ2n) is 13.0. The lowest BCUT2D eigenvalue weighted by molar-refractivity contribution is -0.145. The Labute approximate surface area is 251 Å². The van der Waals surface area contributed by atoms with Gasteiger partial charge >= 0.3 is 5.97 Å². The van der Waals surface area contributed by atoms with Gasteiger partial charge in [0.15, 0.2) is 0 Å². The van der Waals surface area contributed by atoms with Crippen LogP contribution >= 0.6 is 0 Å². The Bertz CT molecular complexity index is 1280. The Morgan fingerprint density at radius 3 is 2.29 bits per heavy atom. The first-order valence-electron chi connectivity index (χ1n) is 16.4. The number of carbonyl (C=O) groups is 1. The molecular weight excluding hydrogens is 520 g/mol. The molecular formula is C36H48N4O2. The number of likely N-dealkylation sites (tertiary alicyclic amines) is 2. The maximum Gasteiger partial charge on any atom is 0.321 e. The van der Waals surface area contributed by atoms with Crippen LogP contribution in [0.3, 0.4) is 0 Å². The quantitative estimate of drug-likeness (QED) is 0.306. The molecule has 2 saturated heterocycles. The van der Waals surface area contributed by atoms with Crippen LogP contribution in [0.4, 0.5) is 0 Å². The van der Waals surface area contributed by atoms with E-state index in [-0.39, 0.29) is 12.0 Å². The van der Waals surface area contributed by atoms with E-state index in [2.05, 4.69) is 88.3 Å². The standard InChI is InChI=1S/C36H48N4O2/c1-2-40-25-31(22-27-12-6-3-7-13-27)34(37-40)29-18-20-38(21-19-29)23-32-24-39(26-33(32)28-14-8-4-9-15-28)35(36(41)42)30-16-10-5-11-17-30/h3-4,6-9,12-15,25,29-30,32-33,35H,2,5,10-11,16-24,26H2,1H3,(H,41,42)/t32-,33?,35+/m0/s1. The Kier molecular flexibility index (Phi) is 9.40. The van der Waals surface area contributed by atoms with Crippen molar-refractivity contribution in [2.75, 3.05) is 32.7 Å². The van der Waals surface area contributed by atoms with Crippen molar-refractivity contribution < 1.29 is 9.90 Å². The van der Waals surface area contributed by atoms with E-state index in [9.17, 15) is 9.90 Å². The number of aromatic nitrogens is 2. The highest BCUT2D eigenvalue weighted by atomic mass is 16.4. The molecule has 3 atom stereocenters. The highest BCUT2D eigenvalue weighted by Crippen LogP contribution is 2.39. The van der Waals surface area contributed by atoms with Crippen molar-refractivity contribution in [3.05, 3.63) is 89.2 Å². The molecule has 1 aromatic heterocycles. The van der Waals surface area contributed by atoms with Crippen LogP contribution in [0.25, 0.3) is 0 Å². The normalized spacial score (nSPS) is 23.7. The van der Waals surface area contributed by atoms with Crippen LogP contribution in [0, 0.1) is 11.8 Å². The molecule has 1 unspecified atom stereocenters. The summed E-state index contributed by atoms with van der Waals surface area (Å²) in [6.45, 7) is 8.01. The van der Waals surface area contributed by atoms with Crippen molar-refractivity contribution in [2.24, 2.45) is 11.8 Å². The van der Waals surface area contributed by atoms with E-state index in [1.54, 1.807) is 0 Å². The third-order valence-electron chi connectivity index (χ3n) is 10.3. The lowest BCUT2D eigenvalue weighted by Gasteiger charge is -2.35. The van der Waals surface area contributed by atoms with E-state index in [1.165, 1.54) is 41.6 Å². The number of hydrogen-bond donors (Lipinski definition) is 1. The van der Waals surface area contributed by atoms with Gasteiger partial charge in [-0.25, -0.2) is 0 Å². The highest BCUT2D eigenvalue weighted by molar-refractivity contribution is 5.74. The van der Waals surface area contributed by atoms with Crippen molar-refractivity contribution >= 4 is 5.97 Å². The van der Waals surface area contributed by atoms with E-state index in [4.69, 9.17) is 5.10 Å². The number of piperidine rings is 1. The van der Waals surface area contributed by atoms with E-state index >= 15 is 0 Å². The van der Waals surface area contributed by atoms with E-state index in [0.29, 0.717) is 17.8 Å². The smallest absolute Gasteiger partial charge is 0.321 e. The van der Waals surface area contributed by atoms with Gasteiger partial charge in [-0.2, -0.15) is 5.10 Å². The molecule has 3 aromatic rings. The molecule has 1 aliphatic carbocycles. The summed E-state index contributed by atoms with van der Waals surface area (Å²) in [5, 5.41) is 15.4. The van der Waals surface area contributed by atoms with Gasteiger partial charge in [0.25, 0.3) is 0 Å². The molecule has 0 radical (unpaired) electrons. The van der Waals surface area contributed by atoms with Crippen LogP contribution in [0.2, 0.25) is 0 Å². The summed E-state index contributed by atoms with van der Waals surface area (Å²) in [6, 6.07) is 21.3. The maximum atomic E-state index is 12.6. The molecule has 2 aliphatic heterocycles. The zero-order chi connectivity index (χ0) is 28.9. The van der Waals surface area contributed by atoms with Crippen LogP contribution in [-0.2, 0) is 17.8 Å². The summed E-state index contributed by atoms with van der Waals surface area (Å²) in [4.78, 5) is 17.6. The maximum absolute atomic E-state index is 12.6. The Hall–Kier alpha value is -2.96. The third kappa shape index (κ3) is 6.65. The fourth-order valence-electron chi connectivity index (χ4n) is 8.16. The van der Waals surface area contributed by atoms with E-state index < -0.39 is 5.97 Å². The first kappa shape index (κ1) is 29.1. The van der Waals surface area contributed by atoms with Gasteiger partial charge in [-0.05, 0) is 74.2 Å². The number of carboxylic acid groups (broad SMARTS) is 1. The van der Waals surface area contributed by atoms with Crippen molar-refractivity contribution in [3.63, 3.8) is 0 Å². The Balaban J connectivity index is 1.13. The second-order valence-corrected chi connectivity index (χ2v) is 13.0. The molecule has 3 heterocycles. The molecule has 3 aliphatic rings. The topological polar surface area (TPSA) is 61.6 Å². The third-order valence-corrected chi connectivity index (χ3v) is 10.3.